The summed E-state index contributed by atoms with van der Waals surface area (Å²) < 4.78 is 11.0. The molecule has 1 atom stereocenters. The van der Waals surface area contributed by atoms with E-state index in [0.717, 1.165) is 46.0 Å². The Morgan fingerprint density at radius 1 is 1.29 bits per heavy atom. The molecule has 4 rings (SSSR count). The largest absolute Gasteiger partial charge is 0.497 e. The van der Waals surface area contributed by atoms with E-state index in [1.54, 1.807) is 18.2 Å². The van der Waals surface area contributed by atoms with E-state index in [-0.39, 0.29) is 12.0 Å². The first-order valence-electron chi connectivity index (χ1n) is 10.5. The Balaban J connectivity index is 1.66. The molecule has 1 saturated heterocycles. The molecule has 0 spiro atoms. The number of ether oxygens (including phenoxy) is 2. The lowest BCUT2D eigenvalue weighted by Gasteiger charge is -2.34. The molecule has 2 aromatic heterocycles. The lowest BCUT2D eigenvalue weighted by Crippen LogP contribution is -2.42. The van der Waals surface area contributed by atoms with Crippen molar-refractivity contribution in [1.82, 2.24) is 14.9 Å². The van der Waals surface area contributed by atoms with E-state index < -0.39 is 5.60 Å². The monoisotopic (exact) mass is 440 g/mol. The van der Waals surface area contributed by atoms with Crippen molar-refractivity contribution >= 4 is 39.2 Å². The first kappa shape index (κ1) is 21.4. The number of thiazole rings is 1. The highest BCUT2D eigenvalue weighted by Gasteiger charge is 2.29. The zero-order chi connectivity index (χ0) is 22.0. The fourth-order valence-electron chi connectivity index (χ4n) is 3.79. The Morgan fingerprint density at radius 2 is 2.13 bits per heavy atom. The molecule has 3 aromatic rings. The highest BCUT2D eigenvalue weighted by atomic mass is 32.1. The van der Waals surface area contributed by atoms with E-state index in [2.05, 4.69) is 16.4 Å². The van der Waals surface area contributed by atoms with Gasteiger partial charge in [0, 0.05) is 41.7 Å². The SMILES string of the molecule is COc1ccc2c(Nc3nccs3)nc([C@H]3CCCN(C(=O)OC(C)(C)C)C3)cc2c1. The van der Waals surface area contributed by atoms with E-state index >= 15 is 0 Å². The quantitative estimate of drug-likeness (QED) is 0.572. The third-order valence-corrected chi connectivity index (χ3v) is 5.90. The number of amides is 1. The van der Waals surface area contributed by atoms with Gasteiger partial charge in [0.2, 0.25) is 0 Å². The summed E-state index contributed by atoms with van der Waals surface area (Å²) in [5.74, 6) is 1.69. The fraction of sp³-hybridized carbons (Fsp3) is 0.435. The van der Waals surface area contributed by atoms with Crippen LogP contribution in [0.5, 0.6) is 5.75 Å². The molecule has 1 aliphatic rings. The molecule has 0 bridgehead atoms. The van der Waals surface area contributed by atoms with E-state index in [1.807, 2.05) is 44.4 Å². The number of piperidine rings is 1. The summed E-state index contributed by atoms with van der Waals surface area (Å²) in [6, 6.07) is 8.06. The molecule has 0 radical (unpaired) electrons. The number of fused-ring (bicyclic) bond motifs is 1. The minimum Gasteiger partial charge on any atom is -0.497 e. The van der Waals surface area contributed by atoms with Gasteiger partial charge in [0.1, 0.15) is 17.2 Å². The predicted octanol–water partition coefficient (Wildman–Crippen LogP) is 5.56. The first-order valence-corrected chi connectivity index (χ1v) is 11.3. The van der Waals surface area contributed by atoms with Gasteiger partial charge in [-0.25, -0.2) is 14.8 Å². The molecule has 1 amide bonds. The van der Waals surface area contributed by atoms with Gasteiger partial charge < -0.3 is 19.7 Å². The van der Waals surface area contributed by atoms with Crippen LogP contribution in [0.1, 0.15) is 45.2 Å². The molecular formula is C23H28N4O3S. The maximum absolute atomic E-state index is 12.6. The molecule has 7 nitrogen and oxygen atoms in total. The number of rotatable bonds is 4. The van der Waals surface area contributed by atoms with Crippen LogP contribution in [0.4, 0.5) is 15.7 Å². The van der Waals surface area contributed by atoms with Crippen LogP contribution in [0.15, 0.2) is 35.8 Å². The number of nitrogens with one attached hydrogen (secondary N) is 1. The number of hydrogen-bond acceptors (Lipinski definition) is 7. The van der Waals surface area contributed by atoms with Crippen LogP contribution in [0, 0.1) is 0 Å². The zero-order valence-corrected chi connectivity index (χ0v) is 19.2. The molecule has 1 fully saturated rings. The summed E-state index contributed by atoms with van der Waals surface area (Å²) in [5.41, 5.74) is 0.445. The molecule has 0 unspecified atom stereocenters. The minimum atomic E-state index is -0.507. The van der Waals surface area contributed by atoms with Crippen molar-refractivity contribution in [3.63, 3.8) is 0 Å². The van der Waals surface area contributed by atoms with Crippen LogP contribution >= 0.6 is 11.3 Å². The standard InChI is InChI=1S/C23H28N4O3S/c1-23(2,3)30-22(28)27-10-5-6-15(14-27)19-13-16-12-17(29-4)7-8-18(16)20(25-19)26-21-24-9-11-31-21/h7-9,11-13,15H,5-6,10,14H2,1-4H3,(H,24,25,26)/t15-/m0/s1. The van der Waals surface area contributed by atoms with E-state index in [1.165, 1.54) is 11.3 Å². The van der Waals surface area contributed by atoms with Gasteiger partial charge in [0.15, 0.2) is 5.13 Å². The number of methoxy groups -OCH3 is 1. The smallest absolute Gasteiger partial charge is 0.410 e. The second-order valence-corrected chi connectivity index (χ2v) is 9.61. The van der Waals surface area contributed by atoms with Crippen LogP contribution in [-0.4, -0.2) is 46.8 Å². The maximum atomic E-state index is 12.6. The van der Waals surface area contributed by atoms with Crippen LogP contribution in [0.3, 0.4) is 0 Å². The number of aromatic nitrogens is 2. The molecule has 1 N–H and O–H groups in total. The number of benzene rings is 1. The topological polar surface area (TPSA) is 76.6 Å². The second kappa shape index (κ2) is 8.70. The third kappa shape index (κ3) is 5.07. The molecule has 8 heteroatoms. The van der Waals surface area contributed by atoms with Crippen molar-refractivity contribution < 1.29 is 14.3 Å². The molecule has 0 saturated carbocycles. The average molecular weight is 441 g/mol. The molecular weight excluding hydrogens is 412 g/mol. The molecule has 1 aliphatic heterocycles. The van der Waals surface area contributed by atoms with E-state index in [4.69, 9.17) is 14.5 Å². The Labute approximate surface area is 186 Å². The number of pyridine rings is 1. The zero-order valence-electron chi connectivity index (χ0n) is 18.3. The molecule has 0 aliphatic carbocycles. The van der Waals surface area contributed by atoms with Crippen molar-refractivity contribution in [1.29, 1.82) is 0 Å². The van der Waals surface area contributed by atoms with Crippen LogP contribution < -0.4 is 10.1 Å². The number of hydrogen-bond donors (Lipinski definition) is 1. The van der Waals surface area contributed by atoms with Crippen molar-refractivity contribution in [3.8, 4) is 5.75 Å². The predicted molar refractivity (Wildman–Crippen MR) is 123 cm³/mol. The van der Waals surface area contributed by atoms with Gasteiger partial charge in [-0.1, -0.05) is 0 Å². The Kier molecular flexibility index (Phi) is 6.00. The summed E-state index contributed by atoms with van der Waals surface area (Å²) >= 11 is 1.53. The molecule has 164 valence electrons. The third-order valence-electron chi connectivity index (χ3n) is 5.21. The summed E-state index contributed by atoms with van der Waals surface area (Å²) in [7, 11) is 1.66. The van der Waals surface area contributed by atoms with E-state index in [9.17, 15) is 4.79 Å². The van der Waals surface area contributed by atoms with Crippen molar-refractivity contribution in [2.75, 3.05) is 25.5 Å². The molecule has 1 aromatic carbocycles. The number of carbonyl (C=O) groups is 1. The van der Waals surface area contributed by atoms with Gasteiger partial charge in [-0.15, -0.1) is 11.3 Å². The number of nitrogens with zero attached hydrogens (tertiary/aromatic N) is 3. The number of carbonyl (C=O) groups excluding carboxylic acids is 1. The molecule has 31 heavy (non-hydrogen) atoms. The summed E-state index contributed by atoms with van der Waals surface area (Å²) in [4.78, 5) is 23.7. The number of anilines is 2. The Morgan fingerprint density at radius 3 is 2.84 bits per heavy atom. The Hall–Kier alpha value is -2.87. The van der Waals surface area contributed by atoms with Crippen LogP contribution in [0.2, 0.25) is 0 Å². The Bertz CT molecular complexity index is 1060. The van der Waals surface area contributed by atoms with Crippen molar-refractivity contribution in [2.45, 2.75) is 45.1 Å². The second-order valence-electron chi connectivity index (χ2n) is 8.71. The summed E-state index contributed by atoms with van der Waals surface area (Å²) in [6.45, 7) is 6.97. The van der Waals surface area contributed by atoms with Gasteiger partial charge in [-0.3, -0.25) is 0 Å². The van der Waals surface area contributed by atoms with Crippen molar-refractivity contribution in [3.05, 3.63) is 41.5 Å². The van der Waals surface area contributed by atoms with Gasteiger partial charge in [-0.2, -0.15) is 0 Å². The van der Waals surface area contributed by atoms with Gasteiger partial charge in [0.25, 0.3) is 0 Å². The highest BCUT2D eigenvalue weighted by molar-refractivity contribution is 7.13. The van der Waals surface area contributed by atoms with E-state index in [0.29, 0.717) is 13.1 Å². The normalized spacial score (nSPS) is 16.9. The minimum absolute atomic E-state index is 0.133. The fourth-order valence-corrected chi connectivity index (χ4v) is 4.31. The number of likely N-dealkylation sites (tertiary alicyclic amines) is 1. The van der Waals surface area contributed by atoms with Gasteiger partial charge in [-0.05, 0) is 63.3 Å². The maximum Gasteiger partial charge on any atom is 0.410 e. The highest BCUT2D eigenvalue weighted by Crippen LogP contribution is 2.34. The van der Waals surface area contributed by atoms with Gasteiger partial charge in [0.05, 0.1) is 7.11 Å². The average Bonchev–Trinajstić information content (AvgIpc) is 3.25. The molecule has 3 heterocycles. The lowest BCUT2D eigenvalue weighted by atomic mass is 9.93. The van der Waals surface area contributed by atoms with Gasteiger partial charge >= 0.3 is 6.09 Å². The summed E-state index contributed by atoms with van der Waals surface area (Å²) in [6.07, 6.45) is 3.39. The van der Waals surface area contributed by atoms with Crippen LogP contribution in [0.25, 0.3) is 10.8 Å². The van der Waals surface area contributed by atoms with Crippen molar-refractivity contribution in [2.24, 2.45) is 0 Å². The first-order chi connectivity index (χ1) is 14.8. The van der Waals surface area contributed by atoms with Crippen LogP contribution in [-0.2, 0) is 4.74 Å². The lowest BCUT2D eigenvalue weighted by molar-refractivity contribution is 0.0197. The summed E-state index contributed by atoms with van der Waals surface area (Å²) in [5, 5.41) is 8.12.